The van der Waals surface area contributed by atoms with Gasteiger partial charge in [-0.25, -0.2) is 4.98 Å². The van der Waals surface area contributed by atoms with E-state index in [2.05, 4.69) is 9.97 Å². The smallest absolute Gasteiger partial charge is 0.167 e. The van der Waals surface area contributed by atoms with Crippen LogP contribution in [0.4, 0.5) is 0 Å². The SMILES string of the molecule is Cc1ccc(CC(=O)c2ccc3nc(-c4c(Cl)cccc4Cl)[nH]c3c2)cc1. The lowest BCUT2D eigenvalue weighted by Gasteiger charge is -2.03. The van der Waals surface area contributed by atoms with Crippen LogP contribution >= 0.6 is 23.2 Å². The van der Waals surface area contributed by atoms with Crippen molar-refractivity contribution in [2.24, 2.45) is 0 Å². The highest BCUT2D eigenvalue weighted by Crippen LogP contribution is 2.33. The number of nitrogens with one attached hydrogen (secondary N) is 1. The van der Waals surface area contributed by atoms with Gasteiger partial charge >= 0.3 is 0 Å². The first kappa shape index (κ1) is 17.8. The minimum atomic E-state index is 0.0627. The molecule has 134 valence electrons. The maximum absolute atomic E-state index is 12.7. The predicted molar refractivity (Wildman–Crippen MR) is 111 cm³/mol. The monoisotopic (exact) mass is 394 g/mol. The molecule has 3 nitrogen and oxygen atoms in total. The lowest BCUT2D eigenvalue weighted by atomic mass is 10.0. The molecule has 0 saturated carbocycles. The van der Waals surface area contributed by atoms with Gasteiger partial charge in [0.25, 0.3) is 0 Å². The van der Waals surface area contributed by atoms with Gasteiger partial charge in [-0.05, 0) is 42.8 Å². The number of hydrogen-bond donors (Lipinski definition) is 1. The van der Waals surface area contributed by atoms with E-state index in [-0.39, 0.29) is 5.78 Å². The molecule has 1 aromatic heterocycles. The molecule has 4 rings (SSSR count). The van der Waals surface area contributed by atoms with Crippen molar-refractivity contribution in [3.05, 3.63) is 87.4 Å². The number of rotatable bonds is 4. The summed E-state index contributed by atoms with van der Waals surface area (Å²) in [5, 5.41) is 1.05. The molecular formula is C22H16Cl2N2O. The van der Waals surface area contributed by atoms with Crippen LogP contribution in [0.5, 0.6) is 0 Å². The van der Waals surface area contributed by atoms with Gasteiger partial charge in [0.15, 0.2) is 5.78 Å². The molecule has 3 aromatic carbocycles. The molecule has 0 aliphatic rings. The lowest BCUT2D eigenvalue weighted by Crippen LogP contribution is -2.03. The number of hydrogen-bond acceptors (Lipinski definition) is 2. The maximum atomic E-state index is 12.7. The van der Waals surface area contributed by atoms with E-state index in [1.165, 1.54) is 5.56 Å². The third kappa shape index (κ3) is 3.61. The van der Waals surface area contributed by atoms with Crippen LogP contribution in [0.3, 0.4) is 0 Å². The first-order chi connectivity index (χ1) is 13.0. The first-order valence-corrected chi connectivity index (χ1v) is 9.30. The second kappa shape index (κ2) is 7.18. The molecule has 0 bridgehead atoms. The average Bonchev–Trinajstić information content (AvgIpc) is 3.06. The van der Waals surface area contributed by atoms with E-state index in [0.717, 1.165) is 16.6 Å². The molecule has 4 aromatic rings. The summed E-state index contributed by atoms with van der Waals surface area (Å²) in [5.41, 5.74) is 5.01. The van der Waals surface area contributed by atoms with Crippen LogP contribution in [0.1, 0.15) is 21.5 Å². The Morgan fingerprint density at radius 1 is 1.00 bits per heavy atom. The summed E-state index contributed by atoms with van der Waals surface area (Å²) in [4.78, 5) is 20.4. The molecule has 0 amide bonds. The summed E-state index contributed by atoms with van der Waals surface area (Å²) in [6.07, 6.45) is 0.364. The molecule has 1 heterocycles. The molecule has 27 heavy (non-hydrogen) atoms. The Morgan fingerprint density at radius 3 is 2.41 bits per heavy atom. The van der Waals surface area contributed by atoms with E-state index in [1.54, 1.807) is 24.3 Å². The van der Waals surface area contributed by atoms with Crippen molar-refractivity contribution in [2.45, 2.75) is 13.3 Å². The minimum Gasteiger partial charge on any atom is -0.338 e. The second-order valence-electron chi connectivity index (χ2n) is 6.50. The lowest BCUT2D eigenvalue weighted by molar-refractivity contribution is 0.0993. The zero-order chi connectivity index (χ0) is 19.0. The maximum Gasteiger partial charge on any atom is 0.167 e. The third-order valence-corrected chi connectivity index (χ3v) is 5.12. The van der Waals surface area contributed by atoms with Crippen molar-refractivity contribution in [1.29, 1.82) is 0 Å². The molecule has 0 unspecified atom stereocenters. The van der Waals surface area contributed by atoms with Crippen LogP contribution in [0.25, 0.3) is 22.4 Å². The number of aromatic nitrogens is 2. The molecule has 0 fully saturated rings. The first-order valence-electron chi connectivity index (χ1n) is 8.54. The van der Waals surface area contributed by atoms with Crippen LogP contribution in [-0.4, -0.2) is 15.8 Å². The topological polar surface area (TPSA) is 45.8 Å². The summed E-state index contributed by atoms with van der Waals surface area (Å²) in [5.74, 6) is 0.649. The normalized spacial score (nSPS) is 11.1. The van der Waals surface area contributed by atoms with E-state index in [0.29, 0.717) is 33.4 Å². The fourth-order valence-electron chi connectivity index (χ4n) is 3.02. The zero-order valence-electron chi connectivity index (χ0n) is 14.6. The molecule has 0 saturated heterocycles. The van der Waals surface area contributed by atoms with Gasteiger partial charge in [-0.1, -0.05) is 59.1 Å². The van der Waals surface area contributed by atoms with E-state index in [4.69, 9.17) is 23.2 Å². The molecule has 0 spiro atoms. The summed E-state index contributed by atoms with van der Waals surface area (Å²) < 4.78 is 0. The van der Waals surface area contributed by atoms with Gasteiger partial charge in [-0.2, -0.15) is 0 Å². The van der Waals surface area contributed by atoms with Crippen LogP contribution in [-0.2, 0) is 6.42 Å². The molecule has 0 radical (unpaired) electrons. The highest BCUT2D eigenvalue weighted by molar-refractivity contribution is 6.39. The molecule has 1 N–H and O–H groups in total. The molecule has 0 atom stereocenters. The van der Waals surface area contributed by atoms with Crippen molar-refractivity contribution in [2.75, 3.05) is 0 Å². The number of nitrogens with zero attached hydrogens (tertiary/aromatic N) is 1. The standard InChI is InChI=1S/C22H16Cl2N2O/c1-13-5-7-14(8-6-13)11-20(27)15-9-10-18-19(12-15)26-22(25-18)21-16(23)3-2-4-17(21)24/h2-10,12H,11H2,1H3,(H,25,26). The Morgan fingerprint density at radius 2 is 1.70 bits per heavy atom. The summed E-state index contributed by atoms with van der Waals surface area (Å²) in [6, 6.07) is 18.8. The largest absolute Gasteiger partial charge is 0.338 e. The number of aryl methyl sites for hydroxylation is 1. The summed E-state index contributed by atoms with van der Waals surface area (Å²) >= 11 is 12.6. The van der Waals surface area contributed by atoms with Crippen molar-refractivity contribution in [3.63, 3.8) is 0 Å². The van der Waals surface area contributed by atoms with E-state index < -0.39 is 0 Å². The predicted octanol–water partition coefficient (Wildman–Crippen LogP) is 6.27. The Kier molecular flexibility index (Phi) is 4.73. The number of ketones is 1. The Labute approximate surface area is 167 Å². The highest BCUT2D eigenvalue weighted by Gasteiger charge is 2.14. The van der Waals surface area contributed by atoms with Gasteiger partial charge in [-0.3, -0.25) is 4.79 Å². The van der Waals surface area contributed by atoms with E-state index in [1.807, 2.05) is 43.3 Å². The highest BCUT2D eigenvalue weighted by atomic mass is 35.5. The second-order valence-corrected chi connectivity index (χ2v) is 7.31. The summed E-state index contributed by atoms with van der Waals surface area (Å²) in [6.45, 7) is 2.03. The number of Topliss-reactive ketones (excluding diaryl/α,β-unsaturated/α-hetero) is 1. The Balaban J connectivity index is 1.66. The Hall–Kier alpha value is -2.62. The average molecular weight is 395 g/mol. The number of carbonyl (C=O) groups excluding carboxylic acids is 1. The van der Waals surface area contributed by atoms with Gasteiger partial charge in [0.2, 0.25) is 0 Å². The number of imidazole rings is 1. The van der Waals surface area contributed by atoms with Crippen LogP contribution in [0.15, 0.2) is 60.7 Å². The molecule has 5 heteroatoms. The van der Waals surface area contributed by atoms with Gasteiger partial charge in [0.1, 0.15) is 5.82 Å². The van der Waals surface area contributed by atoms with Crippen LogP contribution in [0, 0.1) is 6.92 Å². The van der Waals surface area contributed by atoms with Gasteiger partial charge in [-0.15, -0.1) is 0 Å². The van der Waals surface area contributed by atoms with Crippen LogP contribution < -0.4 is 0 Å². The van der Waals surface area contributed by atoms with Crippen molar-refractivity contribution in [1.82, 2.24) is 9.97 Å². The van der Waals surface area contributed by atoms with Crippen LogP contribution in [0.2, 0.25) is 10.0 Å². The van der Waals surface area contributed by atoms with E-state index in [9.17, 15) is 4.79 Å². The Bertz CT molecular complexity index is 1130. The third-order valence-electron chi connectivity index (χ3n) is 4.49. The number of carbonyl (C=O) groups is 1. The number of benzene rings is 3. The van der Waals surface area contributed by atoms with Gasteiger partial charge in [0.05, 0.1) is 26.6 Å². The number of fused-ring (bicyclic) bond motifs is 1. The zero-order valence-corrected chi connectivity index (χ0v) is 16.1. The number of H-pyrrole nitrogens is 1. The fraction of sp³-hybridized carbons (Fsp3) is 0.0909. The van der Waals surface area contributed by atoms with Crippen molar-refractivity contribution in [3.8, 4) is 11.4 Å². The molecule has 0 aliphatic heterocycles. The van der Waals surface area contributed by atoms with Crippen molar-refractivity contribution < 1.29 is 4.79 Å². The van der Waals surface area contributed by atoms with E-state index >= 15 is 0 Å². The number of halogens is 2. The van der Waals surface area contributed by atoms with Gasteiger partial charge in [0, 0.05) is 12.0 Å². The fourth-order valence-corrected chi connectivity index (χ4v) is 3.60. The molecule has 0 aliphatic carbocycles. The number of aromatic amines is 1. The summed E-state index contributed by atoms with van der Waals surface area (Å²) in [7, 11) is 0. The quantitative estimate of drug-likeness (QED) is 0.414. The van der Waals surface area contributed by atoms with Gasteiger partial charge < -0.3 is 4.98 Å². The van der Waals surface area contributed by atoms with Crippen molar-refractivity contribution >= 4 is 40.0 Å². The minimum absolute atomic E-state index is 0.0627. The molecular weight excluding hydrogens is 379 g/mol.